The smallest absolute Gasteiger partial charge is 0.256 e. The predicted molar refractivity (Wildman–Crippen MR) is 85.4 cm³/mol. The second-order valence-corrected chi connectivity index (χ2v) is 5.54. The standard InChI is InChI=1S/C18H18FNO3/c1-12-2-3-13(19)10-17(12)18(21)20-14-4-6-15(7-5-14)23-16-8-9-22-11-16/h2-7,10,16H,8-9,11H2,1H3,(H,20,21). The fourth-order valence-corrected chi connectivity index (χ4v) is 2.45. The minimum atomic E-state index is -0.428. The topological polar surface area (TPSA) is 47.6 Å². The fourth-order valence-electron chi connectivity index (χ4n) is 2.45. The maximum atomic E-state index is 13.3. The van der Waals surface area contributed by atoms with Crippen LogP contribution in [-0.2, 0) is 4.74 Å². The van der Waals surface area contributed by atoms with Gasteiger partial charge in [-0.1, -0.05) is 6.07 Å². The first kappa shape index (κ1) is 15.5. The van der Waals surface area contributed by atoms with Gasteiger partial charge in [0, 0.05) is 17.7 Å². The van der Waals surface area contributed by atoms with Gasteiger partial charge in [-0.3, -0.25) is 4.79 Å². The Bertz CT molecular complexity index is 694. The summed E-state index contributed by atoms with van der Waals surface area (Å²) < 4.78 is 24.3. The molecule has 3 rings (SSSR count). The molecule has 23 heavy (non-hydrogen) atoms. The molecule has 1 aliphatic heterocycles. The van der Waals surface area contributed by atoms with Gasteiger partial charge in [0.25, 0.3) is 5.91 Å². The van der Waals surface area contributed by atoms with E-state index in [1.165, 1.54) is 12.1 Å². The van der Waals surface area contributed by atoms with Crippen LogP contribution in [0.3, 0.4) is 0 Å². The molecule has 0 aromatic heterocycles. The maximum absolute atomic E-state index is 13.3. The van der Waals surface area contributed by atoms with Crippen LogP contribution in [0, 0.1) is 12.7 Å². The molecular formula is C18H18FNO3. The van der Waals surface area contributed by atoms with E-state index in [9.17, 15) is 9.18 Å². The first-order valence-corrected chi connectivity index (χ1v) is 7.54. The molecule has 0 bridgehead atoms. The number of benzene rings is 2. The lowest BCUT2D eigenvalue weighted by Crippen LogP contribution is -2.16. The molecule has 0 saturated carbocycles. The number of carbonyl (C=O) groups is 1. The Morgan fingerprint density at radius 1 is 1.26 bits per heavy atom. The van der Waals surface area contributed by atoms with E-state index in [4.69, 9.17) is 9.47 Å². The number of aryl methyl sites for hydroxylation is 1. The van der Waals surface area contributed by atoms with Gasteiger partial charge in [-0.15, -0.1) is 0 Å². The number of ether oxygens (including phenoxy) is 2. The average molecular weight is 315 g/mol. The van der Waals surface area contributed by atoms with E-state index in [1.807, 2.05) is 0 Å². The lowest BCUT2D eigenvalue weighted by atomic mass is 10.1. The van der Waals surface area contributed by atoms with Crippen molar-refractivity contribution < 1.29 is 18.7 Å². The van der Waals surface area contributed by atoms with E-state index >= 15 is 0 Å². The molecule has 0 radical (unpaired) electrons. The van der Waals surface area contributed by atoms with Crippen molar-refractivity contribution in [1.82, 2.24) is 0 Å². The number of amides is 1. The first-order valence-electron chi connectivity index (χ1n) is 7.54. The third-order valence-electron chi connectivity index (χ3n) is 3.75. The van der Waals surface area contributed by atoms with Gasteiger partial charge in [0.2, 0.25) is 0 Å². The largest absolute Gasteiger partial charge is 0.488 e. The summed E-state index contributed by atoms with van der Waals surface area (Å²) in [4.78, 5) is 12.2. The molecule has 2 aromatic rings. The molecule has 0 spiro atoms. The van der Waals surface area contributed by atoms with Crippen LogP contribution >= 0.6 is 0 Å². The van der Waals surface area contributed by atoms with Crippen molar-refractivity contribution in [1.29, 1.82) is 0 Å². The minimum absolute atomic E-state index is 0.0883. The van der Waals surface area contributed by atoms with Crippen LogP contribution in [-0.4, -0.2) is 25.2 Å². The Hall–Kier alpha value is -2.40. The van der Waals surface area contributed by atoms with Gasteiger partial charge in [0.1, 0.15) is 17.7 Å². The van der Waals surface area contributed by atoms with Gasteiger partial charge in [-0.2, -0.15) is 0 Å². The molecule has 120 valence electrons. The zero-order valence-corrected chi connectivity index (χ0v) is 12.8. The highest BCUT2D eigenvalue weighted by Gasteiger charge is 2.17. The van der Waals surface area contributed by atoms with Crippen LogP contribution in [0.15, 0.2) is 42.5 Å². The van der Waals surface area contributed by atoms with Gasteiger partial charge < -0.3 is 14.8 Å². The van der Waals surface area contributed by atoms with Crippen molar-refractivity contribution in [3.63, 3.8) is 0 Å². The minimum Gasteiger partial charge on any atom is -0.488 e. The maximum Gasteiger partial charge on any atom is 0.256 e. The lowest BCUT2D eigenvalue weighted by molar-refractivity contribution is 0.102. The normalized spacial score (nSPS) is 17.0. The van der Waals surface area contributed by atoms with Crippen LogP contribution in [0.5, 0.6) is 5.75 Å². The molecule has 2 aromatic carbocycles. The molecule has 1 atom stereocenters. The first-order chi connectivity index (χ1) is 11.1. The Morgan fingerprint density at radius 3 is 2.74 bits per heavy atom. The highest BCUT2D eigenvalue weighted by Crippen LogP contribution is 2.20. The summed E-state index contributed by atoms with van der Waals surface area (Å²) in [6.07, 6.45) is 0.975. The lowest BCUT2D eigenvalue weighted by Gasteiger charge is -2.12. The van der Waals surface area contributed by atoms with Crippen LogP contribution in [0.2, 0.25) is 0 Å². The molecule has 5 heteroatoms. The number of nitrogens with one attached hydrogen (secondary N) is 1. The van der Waals surface area contributed by atoms with Crippen LogP contribution in [0.25, 0.3) is 0 Å². The number of hydrogen-bond donors (Lipinski definition) is 1. The van der Waals surface area contributed by atoms with E-state index in [0.717, 1.165) is 24.3 Å². The Labute approximate surface area is 134 Å². The van der Waals surface area contributed by atoms with E-state index in [0.29, 0.717) is 17.9 Å². The van der Waals surface area contributed by atoms with Gasteiger partial charge in [-0.25, -0.2) is 4.39 Å². The Balaban J connectivity index is 1.65. The highest BCUT2D eigenvalue weighted by atomic mass is 19.1. The number of hydrogen-bond acceptors (Lipinski definition) is 3. The summed E-state index contributed by atoms with van der Waals surface area (Å²) in [6.45, 7) is 3.11. The summed E-state index contributed by atoms with van der Waals surface area (Å²) in [7, 11) is 0. The molecule has 1 N–H and O–H groups in total. The summed E-state index contributed by atoms with van der Waals surface area (Å²) in [5.41, 5.74) is 1.69. The second-order valence-electron chi connectivity index (χ2n) is 5.54. The third kappa shape index (κ3) is 3.87. The van der Waals surface area contributed by atoms with E-state index in [2.05, 4.69) is 5.32 Å². The second kappa shape index (κ2) is 6.79. The molecule has 1 heterocycles. The van der Waals surface area contributed by atoms with Crippen molar-refractivity contribution >= 4 is 11.6 Å². The van der Waals surface area contributed by atoms with Crippen molar-refractivity contribution in [2.24, 2.45) is 0 Å². The molecule has 0 aliphatic carbocycles. The van der Waals surface area contributed by atoms with Gasteiger partial charge >= 0.3 is 0 Å². The van der Waals surface area contributed by atoms with Crippen molar-refractivity contribution in [3.8, 4) is 5.75 Å². The summed E-state index contributed by atoms with van der Waals surface area (Å²) >= 11 is 0. The monoisotopic (exact) mass is 315 g/mol. The average Bonchev–Trinajstić information content (AvgIpc) is 3.04. The predicted octanol–water partition coefficient (Wildman–Crippen LogP) is 3.55. The van der Waals surface area contributed by atoms with Gasteiger partial charge in [0.15, 0.2) is 0 Å². The van der Waals surface area contributed by atoms with Crippen LogP contribution < -0.4 is 10.1 Å². The Morgan fingerprint density at radius 2 is 2.04 bits per heavy atom. The van der Waals surface area contributed by atoms with E-state index in [1.54, 1.807) is 37.3 Å². The number of rotatable bonds is 4. The molecular weight excluding hydrogens is 297 g/mol. The molecule has 1 fully saturated rings. The Kier molecular flexibility index (Phi) is 4.57. The number of halogens is 1. The summed E-state index contributed by atoms with van der Waals surface area (Å²) in [5.74, 6) is -0.0245. The molecule has 1 unspecified atom stereocenters. The molecule has 1 saturated heterocycles. The fraction of sp³-hybridized carbons (Fsp3) is 0.278. The zero-order valence-electron chi connectivity index (χ0n) is 12.8. The van der Waals surface area contributed by atoms with E-state index < -0.39 is 5.82 Å². The van der Waals surface area contributed by atoms with Crippen molar-refractivity contribution in [2.45, 2.75) is 19.4 Å². The van der Waals surface area contributed by atoms with Crippen LogP contribution in [0.1, 0.15) is 22.3 Å². The highest BCUT2D eigenvalue weighted by molar-refractivity contribution is 6.05. The molecule has 1 aliphatic rings. The third-order valence-corrected chi connectivity index (χ3v) is 3.75. The zero-order chi connectivity index (χ0) is 16.2. The van der Waals surface area contributed by atoms with E-state index in [-0.39, 0.29) is 12.0 Å². The van der Waals surface area contributed by atoms with Crippen molar-refractivity contribution in [2.75, 3.05) is 18.5 Å². The van der Waals surface area contributed by atoms with Crippen molar-refractivity contribution in [3.05, 3.63) is 59.4 Å². The number of anilines is 1. The SMILES string of the molecule is Cc1ccc(F)cc1C(=O)Nc1ccc(OC2CCOC2)cc1. The summed E-state index contributed by atoms with van der Waals surface area (Å²) in [5, 5.41) is 2.76. The number of carbonyl (C=O) groups excluding carboxylic acids is 1. The molecule has 4 nitrogen and oxygen atoms in total. The quantitative estimate of drug-likeness (QED) is 0.938. The van der Waals surface area contributed by atoms with Crippen LogP contribution in [0.4, 0.5) is 10.1 Å². The van der Waals surface area contributed by atoms with Gasteiger partial charge in [0.05, 0.1) is 13.2 Å². The summed E-state index contributed by atoms with van der Waals surface area (Å²) in [6, 6.07) is 11.3. The van der Waals surface area contributed by atoms with Gasteiger partial charge in [-0.05, 0) is 48.9 Å². The molecule has 1 amide bonds.